The third kappa shape index (κ3) is 2.35. The molecule has 2 nitrogen and oxygen atoms in total. The first kappa shape index (κ1) is 12.2. The highest BCUT2D eigenvalue weighted by Crippen LogP contribution is 2.37. The number of hydrogen-bond donors (Lipinski definition) is 1. The number of rotatable bonds is 2. The Labute approximate surface area is 106 Å². The zero-order valence-corrected chi connectivity index (χ0v) is 10.8. The summed E-state index contributed by atoms with van der Waals surface area (Å²) in [5.74, 6) is 0.500. The number of nitrogens with two attached hydrogens (primary N) is 1. The molecule has 1 fully saturated rings. The van der Waals surface area contributed by atoms with Crippen LogP contribution in [0, 0.1) is 5.92 Å². The summed E-state index contributed by atoms with van der Waals surface area (Å²) in [4.78, 5) is 2.32. The Morgan fingerprint density at radius 1 is 1.31 bits per heavy atom. The molecule has 0 aromatic heterocycles. The first-order chi connectivity index (χ1) is 7.61. The lowest BCUT2D eigenvalue weighted by atomic mass is 9.94. The summed E-state index contributed by atoms with van der Waals surface area (Å²) in [6, 6.07) is 6.09. The van der Waals surface area contributed by atoms with Crippen LogP contribution in [0.5, 0.6) is 0 Å². The highest BCUT2D eigenvalue weighted by molar-refractivity contribution is 6.34. The lowest BCUT2D eigenvalue weighted by molar-refractivity contribution is 0.279. The maximum absolute atomic E-state index is 6.03. The van der Waals surface area contributed by atoms with Crippen molar-refractivity contribution in [1.29, 1.82) is 0 Å². The fourth-order valence-corrected chi connectivity index (χ4v) is 3.09. The summed E-state index contributed by atoms with van der Waals surface area (Å²) in [7, 11) is 2.12. The van der Waals surface area contributed by atoms with E-state index in [9.17, 15) is 0 Å². The van der Waals surface area contributed by atoms with E-state index in [1.54, 1.807) is 6.07 Å². The van der Waals surface area contributed by atoms with Crippen molar-refractivity contribution in [2.45, 2.75) is 12.5 Å². The van der Waals surface area contributed by atoms with Crippen LogP contribution in [0.1, 0.15) is 18.0 Å². The van der Waals surface area contributed by atoms with E-state index in [0.29, 0.717) is 28.5 Å². The van der Waals surface area contributed by atoms with E-state index in [1.165, 1.54) is 5.56 Å². The molecule has 0 saturated carbocycles. The van der Waals surface area contributed by atoms with Gasteiger partial charge in [-0.25, -0.2) is 0 Å². The van der Waals surface area contributed by atoms with E-state index in [-0.39, 0.29) is 0 Å². The summed E-state index contributed by atoms with van der Waals surface area (Å²) in [5, 5.41) is 1.39. The van der Waals surface area contributed by atoms with Crippen molar-refractivity contribution < 1.29 is 0 Å². The van der Waals surface area contributed by atoms with Gasteiger partial charge in [-0.1, -0.05) is 23.2 Å². The Morgan fingerprint density at radius 2 is 1.94 bits per heavy atom. The van der Waals surface area contributed by atoms with Crippen LogP contribution < -0.4 is 5.73 Å². The van der Waals surface area contributed by atoms with Crippen molar-refractivity contribution in [2.75, 3.05) is 20.1 Å². The molecule has 88 valence electrons. The minimum atomic E-state index is 0.348. The van der Waals surface area contributed by atoms with Gasteiger partial charge in [0.1, 0.15) is 0 Å². The first-order valence-electron chi connectivity index (χ1n) is 5.48. The predicted octanol–water partition coefficient (Wildman–Crippen LogP) is 2.94. The van der Waals surface area contributed by atoms with Crippen LogP contribution in [-0.4, -0.2) is 25.0 Å². The maximum Gasteiger partial charge on any atom is 0.0424 e. The fraction of sp³-hybridized carbons (Fsp3) is 0.500. The van der Waals surface area contributed by atoms with Crippen LogP contribution >= 0.6 is 23.2 Å². The average molecular weight is 259 g/mol. The third-order valence-electron chi connectivity index (χ3n) is 3.30. The van der Waals surface area contributed by atoms with Crippen molar-refractivity contribution >= 4 is 23.2 Å². The minimum absolute atomic E-state index is 0.348. The number of benzene rings is 1. The van der Waals surface area contributed by atoms with Crippen molar-refractivity contribution in [2.24, 2.45) is 11.7 Å². The molecular formula is C12H16Cl2N2. The molecule has 1 aromatic rings. The van der Waals surface area contributed by atoms with Gasteiger partial charge in [-0.15, -0.1) is 0 Å². The molecule has 1 aliphatic heterocycles. The molecular weight excluding hydrogens is 243 g/mol. The molecule has 0 aliphatic carbocycles. The summed E-state index contributed by atoms with van der Waals surface area (Å²) in [6.45, 7) is 1.79. The number of halogens is 2. The summed E-state index contributed by atoms with van der Waals surface area (Å²) < 4.78 is 0. The van der Waals surface area contributed by atoms with Crippen LogP contribution in [0.2, 0.25) is 10.0 Å². The van der Waals surface area contributed by atoms with Crippen LogP contribution in [0.25, 0.3) is 0 Å². The monoisotopic (exact) mass is 258 g/mol. The predicted molar refractivity (Wildman–Crippen MR) is 69.0 cm³/mol. The first-order valence-corrected chi connectivity index (χ1v) is 6.23. The fourth-order valence-electron chi connectivity index (χ4n) is 2.55. The van der Waals surface area contributed by atoms with Gasteiger partial charge >= 0.3 is 0 Å². The van der Waals surface area contributed by atoms with Crippen LogP contribution in [0.4, 0.5) is 0 Å². The summed E-state index contributed by atoms with van der Waals surface area (Å²) in [6.07, 6.45) is 1.14. The van der Waals surface area contributed by atoms with Crippen LogP contribution in [-0.2, 0) is 0 Å². The number of nitrogens with zero attached hydrogens (tertiary/aromatic N) is 1. The van der Waals surface area contributed by atoms with Gasteiger partial charge in [-0.3, -0.25) is 4.90 Å². The summed E-state index contributed by atoms with van der Waals surface area (Å²) >= 11 is 12.1. The van der Waals surface area contributed by atoms with Crippen molar-refractivity contribution in [1.82, 2.24) is 4.90 Å². The topological polar surface area (TPSA) is 29.3 Å². The van der Waals surface area contributed by atoms with Gasteiger partial charge in [0, 0.05) is 16.1 Å². The summed E-state index contributed by atoms with van der Waals surface area (Å²) in [5.41, 5.74) is 6.98. The minimum Gasteiger partial charge on any atom is -0.330 e. The zero-order chi connectivity index (χ0) is 11.7. The average Bonchev–Trinajstić information content (AvgIpc) is 2.58. The largest absolute Gasteiger partial charge is 0.330 e. The molecule has 2 N–H and O–H groups in total. The van der Waals surface area contributed by atoms with Crippen LogP contribution in [0.3, 0.4) is 0 Å². The van der Waals surface area contributed by atoms with E-state index < -0.39 is 0 Å². The van der Waals surface area contributed by atoms with E-state index in [0.717, 1.165) is 13.0 Å². The lowest BCUT2D eigenvalue weighted by Crippen LogP contribution is -2.25. The van der Waals surface area contributed by atoms with Gasteiger partial charge in [0.25, 0.3) is 0 Å². The van der Waals surface area contributed by atoms with E-state index in [4.69, 9.17) is 28.9 Å². The Bertz CT molecular complexity index is 361. The molecule has 0 bridgehead atoms. The Morgan fingerprint density at radius 3 is 2.50 bits per heavy atom. The molecule has 1 aromatic carbocycles. The lowest BCUT2D eigenvalue weighted by Gasteiger charge is -2.25. The molecule has 4 heteroatoms. The second kappa shape index (κ2) is 4.92. The molecule has 0 amide bonds. The number of likely N-dealkylation sites (tertiary alicyclic amines) is 1. The Kier molecular flexibility index (Phi) is 3.75. The highest BCUT2D eigenvalue weighted by atomic mass is 35.5. The van der Waals surface area contributed by atoms with Gasteiger partial charge in [0.2, 0.25) is 0 Å². The van der Waals surface area contributed by atoms with Crippen molar-refractivity contribution in [3.05, 3.63) is 33.8 Å². The van der Waals surface area contributed by atoms with Gasteiger partial charge in [-0.05, 0) is 56.2 Å². The second-order valence-corrected chi connectivity index (χ2v) is 5.29. The molecule has 1 heterocycles. The zero-order valence-electron chi connectivity index (χ0n) is 9.29. The molecule has 0 radical (unpaired) electrons. The SMILES string of the molecule is CN1CCC(CN)C1c1cc(Cl)cc(Cl)c1. The van der Waals surface area contributed by atoms with E-state index in [2.05, 4.69) is 11.9 Å². The molecule has 1 aliphatic rings. The van der Waals surface area contributed by atoms with Crippen LogP contribution in [0.15, 0.2) is 18.2 Å². The molecule has 1 saturated heterocycles. The van der Waals surface area contributed by atoms with E-state index >= 15 is 0 Å². The van der Waals surface area contributed by atoms with Gasteiger partial charge < -0.3 is 5.73 Å². The number of hydrogen-bond acceptors (Lipinski definition) is 2. The van der Waals surface area contributed by atoms with Crippen molar-refractivity contribution in [3.63, 3.8) is 0 Å². The van der Waals surface area contributed by atoms with E-state index in [1.807, 2.05) is 12.1 Å². The Balaban J connectivity index is 2.34. The molecule has 0 spiro atoms. The highest BCUT2D eigenvalue weighted by Gasteiger charge is 2.32. The van der Waals surface area contributed by atoms with Crippen molar-refractivity contribution in [3.8, 4) is 0 Å². The molecule has 2 atom stereocenters. The quantitative estimate of drug-likeness (QED) is 0.884. The van der Waals surface area contributed by atoms with Gasteiger partial charge in [0.05, 0.1) is 0 Å². The van der Waals surface area contributed by atoms with Gasteiger partial charge in [0.15, 0.2) is 0 Å². The second-order valence-electron chi connectivity index (χ2n) is 4.41. The molecule has 16 heavy (non-hydrogen) atoms. The Hall–Kier alpha value is -0.280. The van der Waals surface area contributed by atoms with Gasteiger partial charge in [-0.2, -0.15) is 0 Å². The third-order valence-corrected chi connectivity index (χ3v) is 3.74. The normalized spacial score (nSPS) is 26.2. The molecule has 2 unspecified atom stereocenters. The molecule has 2 rings (SSSR count). The smallest absolute Gasteiger partial charge is 0.0424 e. The maximum atomic E-state index is 6.03. The standard InChI is InChI=1S/C12H16Cl2N2/c1-16-3-2-8(7-15)12(16)9-4-10(13)6-11(14)5-9/h4-6,8,12H,2-3,7,15H2,1H3.